The van der Waals surface area contributed by atoms with Crippen molar-refractivity contribution < 1.29 is 5.11 Å². The van der Waals surface area contributed by atoms with E-state index in [0.717, 1.165) is 5.56 Å². The summed E-state index contributed by atoms with van der Waals surface area (Å²) in [6.07, 6.45) is 0. The second kappa shape index (κ2) is 2.70. The van der Waals surface area contributed by atoms with Gasteiger partial charge in [0.2, 0.25) is 5.88 Å². The van der Waals surface area contributed by atoms with Crippen molar-refractivity contribution in [1.82, 2.24) is 4.57 Å². The van der Waals surface area contributed by atoms with Crippen molar-refractivity contribution in [2.24, 2.45) is 7.05 Å². The number of aromatic hydroxyl groups is 1. The Morgan fingerprint density at radius 2 is 2.18 bits per heavy atom. The number of rotatable bonds is 0. The summed E-state index contributed by atoms with van der Waals surface area (Å²) >= 11 is 3.15. The summed E-state index contributed by atoms with van der Waals surface area (Å²) in [5, 5.41) is 9.28. The first-order valence-corrected chi connectivity index (χ1v) is 3.88. The van der Waals surface area contributed by atoms with Crippen LogP contribution in [0, 0.1) is 6.92 Å². The van der Waals surface area contributed by atoms with Gasteiger partial charge in [0.1, 0.15) is 0 Å². The number of halogens is 1. The summed E-state index contributed by atoms with van der Waals surface area (Å²) in [4.78, 5) is 11.0. The van der Waals surface area contributed by atoms with E-state index in [-0.39, 0.29) is 11.4 Å². The Hall–Kier alpha value is -0.770. The molecule has 0 bridgehead atoms. The molecule has 0 radical (unpaired) electrons. The lowest BCUT2D eigenvalue weighted by atomic mass is 10.3. The molecule has 1 N–H and O–H groups in total. The van der Waals surface area contributed by atoms with Gasteiger partial charge in [-0.2, -0.15) is 0 Å². The van der Waals surface area contributed by atoms with Gasteiger partial charge >= 0.3 is 0 Å². The van der Waals surface area contributed by atoms with Gasteiger partial charge < -0.3 is 5.11 Å². The van der Waals surface area contributed by atoms with Crippen LogP contribution in [-0.2, 0) is 7.05 Å². The Labute approximate surface area is 72.4 Å². The Morgan fingerprint density at radius 3 is 2.73 bits per heavy atom. The minimum absolute atomic E-state index is 0.0324. The largest absolute Gasteiger partial charge is 0.494 e. The zero-order chi connectivity index (χ0) is 8.59. The van der Waals surface area contributed by atoms with Crippen molar-refractivity contribution in [1.29, 1.82) is 0 Å². The van der Waals surface area contributed by atoms with E-state index in [1.807, 2.05) is 0 Å². The van der Waals surface area contributed by atoms with Gasteiger partial charge in [0.25, 0.3) is 5.56 Å². The van der Waals surface area contributed by atoms with Crippen LogP contribution in [0.4, 0.5) is 0 Å². The van der Waals surface area contributed by atoms with E-state index >= 15 is 0 Å². The highest BCUT2D eigenvalue weighted by Crippen LogP contribution is 2.23. The van der Waals surface area contributed by atoms with Crippen LogP contribution in [0.1, 0.15) is 5.56 Å². The summed E-state index contributed by atoms with van der Waals surface area (Å²) < 4.78 is 1.75. The van der Waals surface area contributed by atoms with Crippen LogP contribution in [-0.4, -0.2) is 9.67 Å². The van der Waals surface area contributed by atoms with E-state index in [9.17, 15) is 9.90 Å². The summed E-state index contributed by atoms with van der Waals surface area (Å²) in [5.74, 6) is -0.0324. The van der Waals surface area contributed by atoms with Gasteiger partial charge in [-0.15, -0.1) is 0 Å². The molecule has 0 atom stereocenters. The van der Waals surface area contributed by atoms with Crippen LogP contribution < -0.4 is 5.56 Å². The topological polar surface area (TPSA) is 42.2 Å². The lowest BCUT2D eigenvalue weighted by Crippen LogP contribution is -2.15. The average molecular weight is 218 g/mol. The smallest absolute Gasteiger partial charge is 0.253 e. The summed E-state index contributed by atoms with van der Waals surface area (Å²) in [7, 11) is 1.52. The van der Waals surface area contributed by atoms with Crippen LogP contribution in [0.5, 0.6) is 5.88 Å². The standard InChI is InChI=1S/C7H8BrNO2/c1-4-3-5(10)9(2)7(11)6(4)8/h3,11H,1-2H3. The Bertz CT molecular complexity index is 343. The van der Waals surface area contributed by atoms with Gasteiger partial charge in [-0.05, 0) is 28.4 Å². The highest BCUT2D eigenvalue weighted by atomic mass is 79.9. The molecule has 0 spiro atoms. The molecule has 1 rings (SSSR count). The van der Waals surface area contributed by atoms with Crippen molar-refractivity contribution >= 4 is 15.9 Å². The SMILES string of the molecule is Cc1cc(=O)n(C)c(O)c1Br. The summed E-state index contributed by atoms with van der Waals surface area (Å²) in [6, 6.07) is 1.46. The normalized spacial score (nSPS) is 10.1. The molecule has 4 heteroatoms. The van der Waals surface area contributed by atoms with Gasteiger partial charge in [-0.1, -0.05) is 0 Å². The molecule has 0 aromatic carbocycles. The predicted octanol–water partition coefficient (Wildman–Crippen LogP) is 1.16. The maximum Gasteiger partial charge on any atom is 0.253 e. The molecule has 0 aliphatic carbocycles. The Kier molecular flexibility index (Phi) is 2.04. The van der Waals surface area contributed by atoms with E-state index in [0.29, 0.717) is 4.47 Å². The van der Waals surface area contributed by atoms with Crippen molar-refractivity contribution in [2.75, 3.05) is 0 Å². The van der Waals surface area contributed by atoms with E-state index < -0.39 is 0 Å². The van der Waals surface area contributed by atoms with Crippen LogP contribution in [0.25, 0.3) is 0 Å². The first-order chi connectivity index (χ1) is 5.04. The predicted molar refractivity (Wildman–Crippen MR) is 45.8 cm³/mol. The Balaban J connectivity index is 3.59. The number of hydrogen-bond acceptors (Lipinski definition) is 2. The minimum atomic E-state index is -0.205. The maximum atomic E-state index is 11.0. The van der Waals surface area contributed by atoms with Crippen LogP contribution in [0.2, 0.25) is 0 Å². The molecule has 1 heterocycles. The number of pyridine rings is 1. The van der Waals surface area contributed by atoms with Gasteiger partial charge in [-0.3, -0.25) is 9.36 Å². The molecule has 3 nitrogen and oxygen atoms in total. The quantitative estimate of drug-likeness (QED) is 0.709. The first kappa shape index (κ1) is 8.33. The van der Waals surface area contributed by atoms with Crippen molar-refractivity contribution in [2.45, 2.75) is 6.92 Å². The van der Waals surface area contributed by atoms with Crippen molar-refractivity contribution in [3.8, 4) is 5.88 Å². The second-order valence-electron chi connectivity index (χ2n) is 2.36. The Morgan fingerprint density at radius 1 is 1.64 bits per heavy atom. The third kappa shape index (κ3) is 1.30. The van der Waals surface area contributed by atoms with Crippen molar-refractivity contribution in [3.63, 3.8) is 0 Å². The molecular weight excluding hydrogens is 210 g/mol. The van der Waals surface area contributed by atoms with Crippen LogP contribution >= 0.6 is 15.9 Å². The molecule has 0 saturated heterocycles. The van der Waals surface area contributed by atoms with E-state index in [4.69, 9.17) is 0 Å². The van der Waals surface area contributed by atoms with Gasteiger partial charge in [0.15, 0.2) is 0 Å². The van der Waals surface area contributed by atoms with E-state index in [2.05, 4.69) is 15.9 Å². The molecule has 11 heavy (non-hydrogen) atoms. The number of hydrogen-bond donors (Lipinski definition) is 1. The molecular formula is C7H8BrNO2. The maximum absolute atomic E-state index is 11.0. The molecule has 1 aromatic heterocycles. The zero-order valence-electron chi connectivity index (χ0n) is 6.26. The molecule has 60 valence electrons. The minimum Gasteiger partial charge on any atom is -0.494 e. The molecule has 0 amide bonds. The number of aryl methyl sites for hydroxylation is 1. The molecule has 0 unspecified atom stereocenters. The highest BCUT2D eigenvalue weighted by molar-refractivity contribution is 9.10. The highest BCUT2D eigenvalue weighted by Gasteiger charge is 2.05. The molecule has 0 aliphatic rings. The molecule has 0 saturated carbocycles. The first-order valence-electron chi connectivity index (χ1n) is 3.09. The number of aromatic nitrogens is 1. The summed E-state index contributed by atoms with van der Waals surface area (Å²) in [5.41, 5.74) is 0.536. The third-order valence-corrected chi connectivity index (χ3v) is 2.51. The monoisotopic (exact) mass is 217 g/mol. The van der Waals surface area contributed by atoms with E-state index in [1.165, 1.54) is 17.7 Å². The fraction of sp³-hybridized carbons (Fsp3) is 0.286. The van der Waals surface area contributed by atoms with Crippen molar-refractivity contribution in [3.05, 3.63) is 26.5 Å². The number of nitrogens with zero attached hydrogens (tertiary/aromatic N) is 1. The third-order valence-electron chi connectivity index (χ3n) is 1.53. The second-order valence-corrected chi connectivity index (χ2v) is 3.16. The summed E-state index contributed by atoms with van der Waals surface area (Å²) in [6.45, 7) is 1.76. The average Bonchev–Trinajstić information content (AvgIpc) is 1.97. The van der Waals surface area contributed by atoms with Gasteiger partial charge in [0, 0.05) is 13.1 Å². The lowest BCUT2D eigenvalue weighted by molar-refractivity contribution is 0.418. The van der Waals surface area contributed by atoms with Crippen LogP contribution in [0.3, 0.4) is 0 Å². The van der Waals surface area contributed by atoms with E-state index in [1.54, 1.807) is 6.92 Å². The van der Waals surface area contributed by atoms with Gasteiger partial charge in [0.05, 0.1) is 4.47 Å². The molecule has 0 fully saturated rings. The van der Waals surface area contributed by atoms with Gasteiger partial charge in [-0.25, -0.2) is 0 Å². The molecule has 0 aliphatic heterocycles. The zero-order valence-corrected chi connectivity index (χ0v) is 7.84. The fourth-order valence-corrected chi connectivity index (χ4v) is 1.15. The lowest BCUT2D eigenvalue weighted by Gasteiger charge is -2.04. The molecule has 1 aromatic rings. The fourth-order valence-electron chi connectivity index (χ4n) is 0.773. The van der Waals surface area contributed by atoms with Crippen LogP contribution in [0.15, 0.2) is 15.3 Å².